The molecule has 0 saturated carbocycles. The first-order valence-corrected chi connectivity index (χ1v) is 4.24. The van der Waals surface area contributed by atoms with E-state index in [-0.39, 0.29) is 0 Å². The summed E-state index contributed by atoms with van der Waals surface area (Å²) in [7, 11) is 0. The van der Waals surface area contributed by atoms with Gasteiger partial charge < -0.3 is 0 Å². The van der Waals surface area contributed by atoms with Gasteiger partial charge in [-0.15, -0.1) is 0 Å². The SMILES string of the molecule is [AsH2]Cc1cccnc1. The molecule has 0 N–H and O–H groups in total. The van der Waals surface area contributed by atoms with Gasteiger partial charge in [-0.3, -0.25) is 0 Å². The number of pyridine rings is 1. The average molecular weight is 169 g/mol. The summed E-state index contributed by atoms with van der Waals surface area (Å²) in [6.45, 7) is 0. The van der Waals surface area contributed by atoms with E-state index in [1.807, 2.05) is 12.3 Å². The maximum absolute atomic E-state index is 3.97. The van der Waals surface area contributed by atoms with Gasteiger partial charge in [0.2, 0.25) is 0 Å². The van der Waals surface area contributed by atoms with Crippen LogP contribution in [0.15, 0.2) is 24.5 Å². The van der Waals surface area contributed by atoms with E-state index in [0.29, 0.717) is 0 Å². The number of nitrogens with zero attached hydrogens (tertiary/aromatic N) is 1. The summed E-state index contributed by atoms with van der Waals surface area (Å²) in [6.07, 6.45) is 3.70. The Labute approximate surface area is 57.6 Å². The van der Waals surface area contributed by atoms with Crippen LogP contribution in [0.4, 0.5) is 0 Å². The summed E-state index contributed by atoms with van der Waals surface area (Å²) in [4.78, 5) is 3.97. The number of hydrogen-bond acceptors (Lipinski definition) is 1. The Morgan fingerprint density at radius 1 is 1.62 bits per heavy atom. The van der Waals surface area contributed by atoms with Crippen LogP contribution in [0.3, 0.4) is 0 Å². The van der Waals surface area contributed by atoms with Crippen LogP contribution in [-0.2, 0) is 5.21 Å². The molecule has 8 heavy (non-hydrogen) atoms. The molecule has 0 radical (unpaired) electrons. The van der Waals surface area contributed by atoms with E-state index in [2.05, 4.69) is 11.1 Å². The Balaban J connectivity index is 2.83. The standard InChI is InChI=1S/C6H8AsN/c7-4-6-2-1-3-8-5-6/h1-3,5H,4,7H2. The van der Waals surface area contributed by atoms with Crippen molar-refractivity contribution < 1.29 is 0 Å². The van der Waals surface area contributed by atoms with E-state index in [1.165, 1.54) is 5.56 Å². The molecule has 0 aliphatic rings. The molecule has 0 amide bonds. The van der Waals surface area contributed by atoms with Gasteiger partial charge in [-0.2, -0.15) is 0 Å². The first-order chi connectivity index (χ1) is 3.93. The van der Waals surface area contributed by atoms with Gasteiger partial charge in [-0.1, -0.05) is 0 Å². The van der Waals surface area contributed by atoms with Gasteiger partial charge in [0.15, 0.2) is 0 Å². The second kappa shape index (κ2) is 2.88. The molecule has 0 aliphatic heterocycles. The number of hydrogen-bond donors (Lipinski definition) is 0. The van der Waals surface area contributed by atoms with Gasteiger partial charge in [-0.25, -0.2) is 0 Å². The van der Waals surface area contributed by atoms with Crippen LogP contribution in [0.25, 0.3) is 0 Å². The predicted molar refractivity (Wildman–Crippen MR) is 36.5 cm³/mol. The normalized spacial score (nSPS) is 9.12. The van der Waals surface area contributed by atoms with E-state index in [0.717, 1.165) is 5.21 Å². The minimum absolute atomic E-state index is 1.14. The molecule has 42 valence electrons. The maximum atomic E-state index is 3.97. The first-order valence-electron chi connectivity index (χ1n) is 2.52. The molecule has 0 aromatic carbocycles. The number of rotatable bonds is 1. The van der Waals surface area contributed by atoms with Crippen LogP contribution in [0.5, 0.6) is 0 Å². The molecular formula is C6H8AsN. The monoisotopic (exact) mass is 169 g/mol. The zero-order chi connectivity index (χ0) is 5.82. The topological polar surface area (TPSA) is 12.9 Å². The van der Waals surface area contributed by atoms with Gasteiger partial charge in [0.05, 0.1) is 0 Å². The van der Waals surface area contributed by atoms with Crippen molar-refractivity contribution in [2.75, 3.05) is 0 Å². The van der Waals surface area contributed by atoms with Gasteiger partial charge in [0.25, 0.3) is 0 Å². The summed E-state index contributed by atoms with van der Waals surface area (Å²) in [5.41, 5.74) is 1.33. The Morgan fingerprint density at radius 3 is 2.88 bits per heavy atom. The average Bonchev–Trinajstić information content (AvgIpc) is 1.90. The van der Waals surface area contributed by atoms with Crippen molar-refractivity contribution in [2.24, 2.45) is 0 Å². The second-order valence-corrected chi connectivity index (χ2v) is 2.42. The summed E-state index contributed by atoms with van der Waals surface area (Å²) in [6, 6.07) is 4.06. The van der Waals surface area contributed by atoms with Gasteiger partial charge >= 0.3 is 57.1 Å². The van der Waals surface area contributed by atoms with Crippen molar-refractivity contribution in [1.29, 1.82) is 0 Å². The van der Waals surface area contributed by atoms with Crippen molar-refractivity contribution in [2.45, 2.75) is 5.21 Å². The second-order valence-electron chi connectivity index (χ2n) is 1.57. The molecule has 1 aromatic rings. The van der Waals surface area contributed by atoms with Crippen molar-refractivity contribution in [3.05, 3.63) is 30.1 Å². The molecule has 1 aromatic heterocycles. The molecule has 2 heteroatoms. The van der Waals surface area contributed by atoms with Crippen LogP contribution in [0.1, 0.15) is 5.56 Å². The van der Waals surface area contributed by atoms with Gasteiger partial charge in [0, 0.05) is 0 Å². The van der Waals surface area contributed by atoms with Crippen LogP contribution >= 0.6 is 0 Å². The van der Waals surface area contributed by atoms with E-state index in [4.69, 9.17) is 0 Å². The van der Waals surface area contributed by atoms with Crippen molar-refractivity contribution in [3.8, 4) is 0 Å². The van der Waals surface area contributed by atoms with E-state index >= 15 is 0 Å². The fourth-order valence-electron chi connectivity index (χ4n) is 0.519. The summed E-state index contributed by atoms with van der Waals surface area (Å²) < 4.78 is 0. The van der Waals surface area contributed by atoms with Gasteiger partial charge in [0.1, 0.15) is 0 Å². The molecule has 0 spiro atoms. The summed E-state index contributed by atoms with van der Waals surface area (Å²) >= 11 is 1.72. The fraction of sp³-hybridized carbons (Fsp3) is 0.167. The van der Waals surface area contributed by atoms with Crippen LogP contribution in [-0.4, -0.2) is 21.8 Å². The van der Waals surface area contributed by atoms with Crippen molar-refractivity contribution >= 4 is 16.9 Å². The summed E-state index contributed by atoms with van der Waals surface area (Å²) in [5, 5.41) is 1.14. The Bertz CT molecular complexity index is 150. The first kappa shape index (κ1) is 5.84. The third kappa shape index (κ3) is 1.34. The fourth-order valence-corrected chi connectivity index (χ4v) is 1.03. The molecular weight excluding hydrogens is 161 g/mol. The molecule has 0 fully saturated rings. The number of aromatic nitrogens is 1. The third-order valence-electron chi connectivity index (χ3n) is 0.958. The predicted octanol–water partition coefficient (Wildman–Crippen LogP) is 0.215. The molecule has 0 saturated heterocycles. The molecule has 1 heterocycles. The van der Waals surface area contributed by atoms with Crippen molar-refractivity contribution in [1.82, 2.24) is 4.98 Å². The zero-order valence-electron chi connectivity index (χ0n) is 4.54. The molecule has 1 nitrogen and oxygen atoms in total. The molecule has 1 rings (SSSR count). The van der Waals surface area contributed by atoms with E-state index in [9.17, 15) is 0 Å². The molecule has 1 atom stereocenters. The van der Waals surface area contributed by atoms with Crippen LogP contribution < -0.4 is 0 Å². The van der Waals surface area contributed by atoms with E-state index in [1.54, 1.807) is 23.0 Å². The molecule has 0 aliphatic carbocycles. The van der Waals surface area contributed by atoms with Crippen molar-refractivity contribution in [3.63, 3.8) is 0 Å². The van der Waals surface area contributed by atoms with Crippen LogP contribution in [0, 0.1) is 0 Å². The van der Waals surface area contributed by atoms with Gasteiger partial charge in [-0.05, 0) is 0 Å². The zero-order valence-corrected chi connectivity index (χ0v) is 6.96. The van der Waals surface area contributed by atoms with Crippen LogP contribution in [0.2, 0.25) is 0 Å². The minimum atomic E-state index is 1.14. The third-order valence-corrected chi connectivity index (χ3v) is 1.95. The Hall–Kier alpha value is -0.292. The summed E-state index contributed by atoms with van der Waals surface area (Å²) in [5.74, 6) is 0. The van der Waals surface area contributed by atoms with E-state index < -0.39 is 0 Å². The molecule has 1 unspecified atom stereocenters. The Morgan fingerprint density at radius 2 is 2.50 bits per heavy atom. The quantitative estimate of drug-likeness (QED) is 0.548. The Kier molecular flexibility index (Phi) is 2.10. The molecule has 0 bridgehead atoms.